The molecule has 0 spiro atoms. The Morgan fingerprint density at radius 3 is 2.80 bits per heavy atom. The Bertz CT molecular complexity index is 878. The van der Waals surface area contributed by atoms with Crippen molar-refractivity contribution in [3.8, 4) is 5.75 Å². The summed E-state index contributed by atoms with van der Waals surface area (Å²) in [6, 6.07) is 4.92. The number of hydrogen-bond donors (Lipinski definition) is 2. The molecule has 0 saturated heterocycles. The van der Waals surface area contributed by atoms with E-state index in [1.54, 1.807) is 18.2 Å². The highest BCUT2D eigenvalue weighted by Crippen LogP contribution is 2.27. The minimum atomic E-state index is -0.490. The first kappa shape index (κ1) is 17.3. The fraction of sp³-hybridized carbons (Fsp3) is 0.500. The van der Waals surface area contributed by atoms with Gasteiger partial charge >= 0.3 is 5.69 Å². The van der Waals surface area contributed by atoms with Gasteiger partial charge in [0.25, 0.3) is 5.56 Å². The summed E-state index contributed by atoms with van der Waals surface area (Å²) in [4.78, 5) is 39.3. The number of rotatable bonds is 6. The fourth-order valence-electron chi connectivity index (χ4n) is 3.42. The molecule has 1 aliphatic carbocycles. The molecule has 1 aromatic carbocycles. The summed E-state index contributed by atoms with van der Waals surface area (Å²) in [6.45, 7) is 0.405. The van der Waals surface area contributed by atoms with Crippen LogP contribution in [0.2, 0.25) is 0 Å². The second kappa shape index (κ2) is 7.55. The molecule has 2 N–H and O–H groups in total. The largest absolute Gasteiger partial charge is 0.497 e. The molecular weight excluding hydrogens is 322 g/mol. The highest BCUT2D eigenvalue weighted by molar-refractivity contribution is 5.79. The lowest BCUT2D eigenvalue weighted by Gasteiger charge is -2.11. The number of nitrogens with one attached hydrogen (secondary N) is 2. The monoisotopic (exact) mass is 345 g/mol. The first-order valence-electron chi connectivity index (χ1n) is 8.66. The van der Waals surface area contributed by atoms with Crippen LogP contribution in [0.25, 0.3) is 10.9 Å². The second-order valence-corrected chi connectivity index (χ2v) is 6.50. The number of aromatic nitrogens is 2. The van der Waals surface area contributed by atoms with Crippen molar-refractivity contribution < 1.29 is 9.53 Å². The molecule has 2 aromatic rings. The molecule has 7 nitrogen and oxygen atoms in total. The van der Waals surface area contributed by atoms with E-state index < -0.39 is 5.69 Å². The number of nitrogens with zero attached hydrogens (tertiary/aromatic N) is 1. The normalized spacial score (nSPS) is 14.8. The molecule has 1 saturated carbocycles. The summed E-state index contributed by atoms with van der Waals surface area (Å²) >= 11 is 0. The molecule has 1 fully saturated rings. The summed E-state index contributed by atoms with van der Waals surface area (Å²) in [7, 11) is 1.52. The Labute approximate surface area is 145 Å². The number of fused-ring (bicyclic) bond motifs is 1. The Balaban J connectivity index is 1.68. The van der Waals surface area contributed by atoms with Gasteiger partial charge < -0.3 is 15.0 Å². The lowest BCUT2D eigenvalue weighted by Crippen LogP contribution is -2.39. The molecule has 0 unspecified atom stereocenters. The van der Waals surface area contributed by atoms with Crippen LogP contribution in [0.15, 0.2) is 27.8 Å². The first-order valence-corrected chi connectivity index (χ1v) is 8.66. The van der Waals surface area contributed by atoms with E-state index in [2.05, 4.69) is 10.3 Å². The van der Waals surface area contributed by atoms with Crippen LogP contribution in [-0.4, -0.2) is 29.1 Å². The van der Waals surface area contributed by atoms with Crippen LogP contribution < -0.4 is 21.3 Å². The summed E-state index contributed by atoms with van der Waals surface area (Å²) in [5.74, 6) is 1.03. The number of aromatic amines is 1. The minimum Gasteiger partial charge on any atom is -0.497 e. The molecule has 1 aliphatic rings. The standard InChI is InChI=1S/C18H23N3O4/c1-25-13-6-7-14-15(11-13)20-18(24)21(17(14)23)9-8-19-16(22)10-12-4-2-3-5-12/h6-7,11-12H,2-5,8-10H2,1H3,(H,19,22)(H,20,24). The summed E-state index contributed by atoms with van der Waals surface area (Å²) in [5.41, 5.74) is -0.418. The van der Waals surface area contributed by atoms with Crippen LogP contribution in [0.3, 0.4) is 0 Å². The van der Waals surface area contributed by atoms with Gasteiger partial charge in [-0.2, -0.15) is 0 Å². The molecule has 1 amide bonds. The highest BCUT2D eigenvalue weighted by atomic mass is 16.5. The van der Waals surface area contributed by atoms with Gasteiger partial charge in [0.05, 0.1) is 18.0 Å². The second-order valence-electron chi connectivity index (χ2n) is 6.50. The van der Waals surface area contributed by atoms with Crippen molar-refractivity contribution in [3.63, 3.8) is 0 Å². The minimum absolute atomic E-state index is 0.0121. The lowest BCUT2D eigenvalue weighted by atomic mass is 10.0. The number of hydrogen-bond acceptors (Lipinski definition) is 4. The molecule has 0 radical (unpaired) electrons. The maximum absolute atomic E-state index is 12.5. The van der Waals surface area contributed by atoms with Gasteiger partial charge in [-0.25, -0.2) is 4.79 Å². The number of carbonyl (C=O) groups is 1. The molecule has 1 heterocycles. The van der Waals surface area contributed by atoms with Gasteiger partial charge in [0.15, 0.2) is 0 Å². The number of H-pyrrole nitrogens is 1. The summed E-state index contributed by atoms with van der Waals surface area (Å²) < 4.78 is 6.22. The number of ether oxygens (including phenoxy) is 1. The number of methoxy groups -OCH3 is 1. The van der Waals surface area contributed by atoms with Crippen molar-refractivity contribution in [2.75, 3.05) is 13.7 Å². The number of carbonyl (C=O) groups excluding carboxylic acids is 1. The zero-order valence-electron chi connectivity index (χ0n) is 14.3. The molecule has 0 bridgehead atoms. The van der Waals surface area contributed by atoms with Crippen LogP contribution in [0.4, 0.5) is 0 Å². The Morgan fingerprint density at radius 2 is 2.08 bits per heavy atom. The molecule has 1 aromatic heterocycles. The van der Waals surface area contributed by atoms with E-state index in [-0.39, 0.29) is 24.6 Å². The molecular formula is C18H23N3O4. The van der Waals surface area contributed by atoms with E-state index in [4.69, 9.17) is 4.74 Å². The zero-order valence-corrected chi connectivity index (χ0v) is 14.3. The predicted molar refractivity (Wildman–Crippen MR) is 95.0 cm³/mol. The van der Waals surface area contributed by atoms with Gasteiger partial charge in [0, 0.05) is 25.6 Å². The van der Waals surface area contributed by atoms with Crippen molar-refractivity contribution >= 4 is 16.8 Å². The van der Waals surface area contributed by atoms with Gasteiger partial charge in [-0.1, -0.05) is 12.8 Å². The molecule has 3 rings (SSSR count). The van der Waals surface area contributed by atoms with Gasteiger partial charge in [-0.05, 0) is 30.9 Å². The third-order valence-corrected chi connectivity index (χ3v) is 4.80. The summed E-state index contributed by atoms with van der Waals surface area (Å²) in [6.07, 6.45) is 5.15. The fourth-order valence-corrected chi connectivity index (χ4v) is 3.42. The van der Waals surface area contributed by atoms with Crippen LogP contribution >= 0.6 is 0 Å². The SMILES string of the molecule is COc1ccc2c(=O)n(CCNC(=O)CC3CCCC3)c(=O)[nH]c2c1. The van der Waals surface area contributed by atoms with Crippen molar-refractivity contribution in [1.82, 2.24) is 14.9 Å². The van der Waals surface area contributed by atoms with Gasteiger partial charge in [-0.15, -0.1) is 0 Å². The van der Waals surface area contributed by atoms with E-state index in [0.29, 0.717) is 29.0 Å². The van der Waals surface area contributed by atoms with Crippen molar-refractivity contribution in [2.24, 2.45) is 5.92 Å². The smallest absolute Gasteiger partial charge is 0.328 e. The van der Waals surface area contributed by atoms with Crippen LogP contribution in [0.1, 0.15) is 32.1 Å². The van der Waals surface area contributed by atoms with Crippen molar-refractivity contribution in [2.45, 2.75) is 38.6 Å². The first-order chi connectivity index (χ1) is 12.1. The van der Waals surface area contributed by atoms with E-state index in [0.717, 1.165) is 17.4 Å². The third kappa shape index (κ3) is 3.92. The molecule has 25 heavy (non-hydrogen) atoms. The predicted octanol–water partition coefficient (Wildman–Crippen LogP) is 1.39. The van der Waals surface area contributed by atoms with Crippen LogP contribution in [0.5, 0.6) is 5.75 Å². The van der Waals surface area contributed by atoms with Gasteiger partial charge in [-0.3, -0.25) is 14.2 Å². The third-order valence-electron chi connectivity index (χ3n) is 4.80. The van der Waals surface area contributed by atoms with Crippen molar-refractivity contribution in [1.29, 1.82) is 0 Å². The van der Waals surface area contributed by atoms with E-state index in [1.807, 2.05) is 0 Å². The topological polar surface area (TPSA) is 93.2 Å². The average molecular weight is 345 g/mol. The maximum Gasteiger partial charge on any atom is 0.328 e. The van der Waals surface area contributed by atoms with Gasteiger partial charge in [0.1, 0.15) is 5.75 Å². The molecule has 7 heteroatoms. The molecule has 0 atom stereocenters. The van der Waals surface area contributed by atoms with Crippen molar-refractivity contribution in [3.05, 3.63) is 39.0 Å². The van der Waals surface area contributed by atoms with E-state index in [9.17, 15) is 14.4 Å². The van der Waals surface area contributed by atoms with E-state index in [1.165, 1.54) is 20.0 Å². The van der Waals surface area contributed by atoms with E-state index >= 15 is 0 Å². The average Bonchev–Trinajstić information content (AvgIpc) is 3.10. The number of benzene rings is 1. The number of amides is 1. The quantitative estimate of drug-likeness (QED) is 0.827. The van der Waals surface area contributed by atoms with Crippen LogP contribution in [0, 0.1) is 5.92 Å². The maximum atomic E-state index is 12.5. The Morgan fingerprint density at radius 1 is 1.32 bits per heavy atom. The lowest BCUT2D eigenvalue weighted by molar-refractivity contribution is -0.122. The summed E-state index contributed by atoms with van der Waals surface area (Å²) in [5, 5.41) is 3.22. The molecule has 0 aliphatic heterocycles. The van der Waals surface area contributed by atoms with Gasteiger partial charge in [0.2, 0.25) is 5.91 Å². The highest BCUT2D eigenvalue weighted by Gasteiger charge is 2.18. The van der Waals surface area contributed by atoms with Crippen LogP contribution in [-0.2, 0) is 11.3 Å². The Hall–Kier alpha value is -2.57. The Kier molecular flexibility index (Phi) is 5.21. The molecule has 134 valence electrons. The zero-order chi connectivity index (χ0) is 17.8.